The Morgan fingerprint density at radius 2 is 1.95 bits per heavy atom. The highest BCUT2D eigenvalue weighted by Gasteiger charge is 2.41. The van der Waals surface area contributed by atoms with Crippen molar-refractivity contribution in [3.05, 3.63) is 23.8 Å². The van der Waals surface area contributed by atoms with Crippen molar-refractivity contribution in [2.75, 3.05) is 27.3 Å². The van der Waals surface area contributed by atoms with Gasteiger partial charge in [-0.1, -0.05) is 0 Å². The monoisotopic (exact) mass is 293 g/mol. The van der Waals surface area contributed by atoms with E-state index in [0.29, 0.717) is 17.9 Å². The molecule has 1 aromatic rings. The van der Waals surface area contributed by atoms with Gasteiger partial charge in [0.2, 0.25) is 0 Å². The fourth-order valence-electron chi connectivity index (χ4n) is 2.92. The van der Waals surface area contributed by atoms with Gasteiger partial charge in [-0.3, -0.25) is 9.69 Å². The van der Waals surface area contributed by atoms with E-state index in [1.165, 1.54) is 0 Å². The van der Waals surface area contributed by atoms with Crippen molar-refractivity contribution in [2.24, 2.45) is 0 Å². The smallest absolute Gasteiger partial charge is 0.324 e. The van der Waals surface area contributed by atoms with E-state index in [4.69, 9.17) is 9.47 Å². The number of carbonyl (C=O) groups is 1. The Morgan fingerprint density at radius 3 is 2.48 bits per heavy atom. The molecule has 5 nitrogen and oxygen atoms in total. The van der Waals surface area contributed by atoms with Crippen LogP contribution in [0.4, 0.5) is 0 Å². The van der Waals surface area contributed by atoms with E-state index < -0.39 is 11.5 Å². The molecule has 0 radical (unpaired) electrons. The van der Waals surface area contributed by atoms with Crippen molar-refractivity contribution in [1.29, 1.82) is 0 Å². The summed E-state index contributed by atoms with van der Waals surface area (Å²) < 4.78 is 10.6. The quantitative estimate of drug-likeness (QED) is 0.871. The van der Waals surface area contributed by atoms with Gasteiger partial charge in [-0.15, -0.1) is 0 Å². The molecule has 0 amide bonds. The fraction of sp³-hybridized carbons (Fsp3) is 0.562. The average molecular weight is 293 g/mol. The van der Waals surface area contributed by atoms with Crippen molar-refractivity contribution >= 4 is 5.97 Å². The number of hydrogen-bond donors (Lipinski definition) is 1. The normalized spacial score (nSPS) is 18.2. The van der Waals surface area contributed by atoms with Gasteiger partial charge >= 0.3 is 5.97 Å². The van der Waals surface area contributed by atoms with Crippen molar-refractivity contribution in [2.45, 2.75) is 31.7 Å². The molecule has 0 aromatic heterocycles. The zero-order valence-electron chi connectivity index (χ0n) is 12.9. The number of carboxylic acid groups (broad SMARTS) is 1. The maximum atomic E-state index is 11.9. The molecular weight excluding hydrogens is 270 g/mol. The molecule has 0 saturated carbocycles. The van der Waals surface area contributed by atoms with Crippen LogP contribution in [0.2, 0.25) is 0 Å². The highest BCUT2D eigenvalue weighted by atomic mass is 16.5. The van der Waals surface area contributed by atoms with Crippen molar-refractivity contribution in [3.8, 4) is 11.5 Å². The Morgan fingerprint density at radius 1 is 1.29 bits per heavy atom. The number of ether oxygens (including phenoxy) is 2. The zero-order valence-corrected chi connectivity index (χ0v) is 12.9. The summed E-state index contributed by atoms with van der Waals surface area (Å²) in [7, 11) is 3.20. The average Bonchev–Trinajstić information content (AvgIpc) is 3.01. The Balaban J connectivity index is 2.34. The molecule has 0 bridgehead atoms. The minimum absolute atomic E-state index is 0.392. The summed E-state index contributed by atoms with van der Waals surface area (Å²) >= 11 is 0. The first-order valence-electron chi connectivity index (χ1n) is 7.20. The van der Waals surface area contributed by atoms with Crippen molar-refractivity contribution in [1.82, 2.24) is 4.90 Å². The van der Waals surface area contributed by atoms with Crippen LogP contribution >= 0.6 is 0 Å². The molecule has 1 aliphatic heterocycles. The standard InChI is InChI=1S/C16H23NO4/c1-16(15(18)19,17-8-4-5-9-17)11-12-10-13(20-2)6-7-14(12)21-3/h6-7,10H,4-5,8-9,11H2,1-3H3,(H,18,19). The molecule has 1 aliphatic rings. The van der Waals surface area contributed by atoms with Crippen LogP contribution in [0.1, 0.15) is 25.3 Å². The molecule has 2 rings (SSSR count). The van der Waals surface area contributed by atoms with E-state index in [9.17, 15) is 9.90 Å². The molecule has 1 unspecified atom stereocenters. The summed E-state index contributed by atoms with van der Waals surface area (Å²) in [5.74, 6) is 0.608. The summed E-state index contributed by atoms with van der Waals surface area (Å²) in [6.07, 6.45) is 2.50. The van der Waals surface area contributed by atoms with Gasteiger partial charge < -0.3 is 14.6 Å². The van der Waals surface area contributed by atoms with E-state index in [1.54, 1.807) is 21.1 Å². The van der Waals surface area contributed by atoms with Gasteiger partial charge in [-0.2, -0.15) is 0 Å². The van der Waals surface area contributed by atoms with Crippen LogP contribution in [0.5, 0.6) is 11.5 Å². The van der Waals surface area contributed by atoms with Crippen LogP contribution in [0.25, 0.3) is 0 Å². The van der Waals surface area contributed by atoms with Gasteiger partial charge in [0.25, 0.3) is 0 Å². The Kier molecular flexibility index (Phi) is 4.73. The lowest BCUT2D eigenvalue weighted by molar-refractivity contribution is -0.149. The molecule has 0 aliphatic carbocycles. The van der Waals surface area contributed by atoms with Crippen LogP contribution < -0.4 is 9.47 Å². The molecular formula is C16H23NO4. The molecule has 0 spiro atoms. The number of rotatable bonds is 6. The third-order valence-electron chi connectivity index (χ3n) is 4.29. The number of nitrogens with zero attached hydrogens (tertiary/aromatic N) is 1. The Bertz CT molecular complexity index is 511. The first-order chi connectivity index (χ1) is 10.0. The molecule has 1 fully saturated rings. The van der Waals surface area contributed by atoms with Crippen LogP contribution in [0, 0.1) is 0 Å². The van der Waals surface area contributed by atoms with Crippen LogP contribution in [0.3, 0.4) is 0 Å². The minimum Gasteiger partial charge on any atom is -0.497 e. The number of benzene rings is 1. The minimum atomic E-state index is -0.920. The first-order valence-corrected chi connectivity index (χ1v) is 7.20. The van der Waals surface area contributed by atoms with Crippen LogP contribution in [-0.2, 0) is 11.2 Å². The molecule has 5 heteroatoms. The molecule has 21 heavy (non-hydrogen) atoms. The predicted molar refractivity (Wildman–Crippen MR) is 80.1 cm³/mol. The van der Waals surface area contributed by atoms with E-state index in [2.05, 4.69) is 0 Å². The highest BCUT2D eigenvalue weighted by Crippen LogP contribution is 2.31. The second kappa shape index (κ2) is 6.35. The van der Waals surface area contributed by atoms with Crippen LogP contribution in [-0.4, -0.2) is 48.8 Å². The topological polar surface area (TPSA) is 59.0 Å². The predicted octanol–water partition coefficient (Wildman–Crippen LogP) is 2.19. The molecule has 116 valence electrons. The number of likely N-dealkylation sites (tertiary alicyclic amines) is 1. The fourth-order valence-corrected chi connectivity index (χ4v) is 2.92. The summed E-state index contributed by atoms with van der Waals surface area (Å²) in [5, 5.41) is 9.73. The Labute approximate surface area is 125 Å². The number of carboxylic acids is 1. The largest absolute Gasteiger partial charge is 0.497 e. The maximum Gasteiger partial charge on any atom is 0.324 e. The Hall–Kier alpha value is -1.75. The van der Waals surface area contributed by atoms with Crippen molar-refractivity contribution < 1.29 is 19.4 Å². The zero-order chi connectivity index (χ0) is 15.5. The third kappa shape index (κ3) is 3.13. The second-order valence-electron chi connectivity index (χ2n) is 5.63. The first kappa shape index (κ1) is 15.6. The molecule has 1 N–H and O–H groups in total. The summed E-state index contributed by atoms with van der Waals surface area (Å²) in [4.78, 5) is 13.9. The molecule has 1 atom stereocenters. The number of hydrogen-bond acceptors (Lipinski definition) is 4. The number of methoxy groups -OCH3 is 2. The van der Waals surface area contributed by atoms with Gasteiger partial charge in [0.1, 0.15) is 17.0 Å². The van der Waals surface area contributed by atoms with Crippen molar-refractivity contribution in [3.63, 3.8) is 0 Å². The molecule has 1 saturated heterocycles. The van der Waals surface area contributed by atoms with Gasteiger partial charge in [-0.25, -0.2) is 0 Å². The maximum absolute atomic E-state index is 11.9. The van der Waals surface area contributed by atoms with Gasteiger partial charge in [0, 0.05) is 12.0 Å². The van der Waals surface area contributed by atoms with Gasteiger partial charge in [-0.05, 0) is 51.1 Å². The summed E-state index contributed by atoms with van der Waals surface area (Å²) in [6.45, 7) is 3.45. The van der Waals surface area contributed by atoms with Crippen LogP contribution in [0.15, 0.2) is 18.2 Å². The third-order valence-corrected chi connectivity index (χ3v) is 4.29. The number of aliphatic carboxylic acids is 1. The highest BCUT2D eigenvalue weighted by molar-refractivity contribution is 5.79. The lowest BCUT2D eigenvalue weighted by Crippen LogP contribution is -2.52. The van der Waals surface area contributed by atoms with E-state index in [0.717, 1.165) is 31.5 Å². The SMILES string of the molecule is COc1ccc(OC)c(CC(C)(C(=O)O)N2CCCC2)c1. The summed E-state index contributed by atoms with van der Waals surface area (Å²) in [6, 6.07) is 5.49. The lowest BCUT2D eigenvalue weighted by Gasteiger charge is -2.35. The lowest BCUT2D eigenvalue weighted by atomic mass is 9.90. The van der Waals surface area contributed by atoms with E-state index in [-0.39, 0.29) is 0 Å². The van der Waals surface area contributed by atoms with E-state index >= 15 is 0 Å². The van der Waals surface area contributed by atoms with Gasteiger partial charge in [0.05, 0.1) is 14.2 Å². The molecule has 1 aromatic carbocycles. The summed E-state index contributed by atoms with van der Waals surface area (Å²) in [5.41, 5.74) is -0.0653. The van der Waals surface area contributed by atoms with Gasteiger partial charge in [0.15, 0.2) is 0 Å². The second-order valence-corrected chi connectivity index (χ2v) is 5.63. The molecule has 1 heterocycles. The van der Waals surface area contributed by atoms with E-state index in [1.807, 2.05) is 23.1 Å².